The summed E-state index contributed by atoms with van der Waals surface area (Å²) in [6, 6.07) is 10.6. The molecule has 0 bridgehead atoms. The number of aryl methyl sites for hydroxylation is 1. The maximum Gasteiger partial charge on any atom is 0.290 e. The van der Waals surface area contributed by atoms with Crippen molar-refractivity contribution in [2.45, 2.75) is 13.5 Å². The van der Waals surface area contributed by atoms with Crippen molar-refractivity contribution in [1.29, 1.82) is 5.26 Å². The van der Waals surface area contributed by atoms with Gasteiger partial charge in [-0.15, -0.1) is 0 Å². The predicted octanol–water partition coefficient (Wildman–Crippen LogP) is 2.45. The lowest BCUT2D eigenvalue weighted by atomic mass is 10.2. The molecule has 0 aliphatic rings. The second-order valence-electron chi connectivity index (χ2n) is 4.40. The first-order valence-electron chi connectivity index (χ1n) is 6.03. The number of nitriles is 1. The quantitative estimate of drug-likeness (QED) is 0.881. The lowest BCUT2D eigenvalue weighted by Gasteiger charge is -2.04. The number of carbonyl (C=O) groups is 1. The molecule has 0 aliphatic heterocycles. The zero-order chi connectivity index (χ0) is 14.5. The summed E-state index contributed by atoms with van der Waals surface area (Å²) >= 11 is 5.91. The van der Waals surface area contributed by atoms with Gasteiger partial charge in [-0.2, -0.15) is 9.83 Å². The molecule has 0 saturated carbocycles. The Bertz CT molecular complexity index is 675. The summed E-state index contributed by atoms with van der Waals surface area (Å²) in [5.74, 6) is -0.153. The van der Waals surface area contributed by atoms with Crippen LogP contribution in [-0.4, -0.2) is 5.91 Å². The van der Waals surface area contributed by atoms with Crippen LogP contribution in [0.2, 0.25) is 5.02 Å². The highest BCUT2D eigenvalue weighted by molar-refractivity contribution is 6.32. The van der Waals surface area contributed by atoms with E-state index in [-0.39, 0.29) is 12.5 Å². The van der Waals surface area contributed by atoms with Gasteiger partial charge in [-0.1, -0.05) is 11.6 Å². The molecule has 0 aliphatic carbocycles. The van der Waals surface area contributed by atoms with E-state index in [1.165, 1.54) is 0 Å². The third-order valence-electron chi connectivity index (χ3n) is 2.76. The van der Waals surface area contributed by atoms with Crippen LogP contribution in [0.3, 0.4) is 0 Å². The van der Waals surface area contributed by atoms with Crippen molar-refractivity contribution >= 4 is 23.2 Å². The van der Waals surface area contributed by atoms with Crippen LogP contribution in [0.4, 0.5) is 5.69 Å². The molecule has 20 heavy (non-hydrogen) atoms. The van der Waals surface area contributed by atoms with E-state index in [9.17, 15) is 4.79 Å². The molecule has 0 spiro atoms. The smallest absolute Gasteiger partial charge is 0.290 e. The maximum absolute atomic E-state index is 11.9. The van der Waals surface area contributed by atoms with Crippen LogP contribution in [0, 0.1) is 18.3 Å². The van der Waals surface area contributed by atoms with Crippen LogP contribution in [0.5, 0.6) is 0 Å². The minimum absolute atomic E-state index is 0.153. The molecule has 0 unspecified atom stereocenters. The monoisotopic (exact) mass is 286 g/mol. The van der Waals surface area contributed by atoms with Gasteiger partial charge < -0.3 is 5.32 Å². The molecule has 1 N–H and O–H groups in total. The Labute approximate surface area is 122 Å². The summed E-state index contributed by atoms with van der Waals surface area (Å²) in [6.45, 7) is 2.21. The molecule has 2 aromatic rings. The number of anilines is 1. The molecule has 1 heterocycles. The average molecular weight is 287 g/mol. The second kappa shape index (κ2) is 6.18. The van der Waals surface area contributed by atoms with E-state index in [2.05, 4.69) is 5.32 Å². The first-order valence-corrected chi connectivity index (χ1v) is 6.41. The van der Waals surface area contributed by atoms with Crippen LogP contribution < -0.4 is 9.88 Å². The number of halogens is 1. The normalized spacial score (nSPS) is 9.85. The van der Waals surface area contributed by atoms with Gasteiger partial charge in [-0.05, 0) is 30.7 Å². The van der Waals surface area contributed by atoms with Gasteiger partial charge in [0.1, 0.15) is 6.07 Å². The number of nitrogens with zero attached hydrogens (tertiary/aromatic N) is 2. The molecular formula is C15H13ClN3O+. The molecule has 1 aromatic heterocycles. The zero-order valence-electron chi connectivity index (χ0n) is 10.9. The predicted molar refractivity (Wildman–Crippen MR) is 76.2 cm³/mol. The Hall–Kier alpha value is -2.38. The Morgan fingerprint density at radius 2 is 2.05 bits per heavy atom. The molecule has 1 aromatic carbocycles. The van der Waals surface area contributed by atoms with Crippen LogP contribution in [0.1, 0.15) is 11.1 Å². The summed E-state index contributed by atoms with van der Waals surface area (Å²) in [7, 11) is 0. The molecule has 5 heteroatoms. The van der Waals surface area contributed by atoms with Crippen molar-refractivity contribution in [3.05, 3.63) is 58.9 Å². The molecular weight excluding hydrogens is 274 g/mol. The first kappa shape index (κ1) is 14.0. The second-order valence-corrected chi connectivity index (χ2v) is 4.81. The van der Waals surface area contributed by atoms with Gasteiger partial charge in [0.05, 0.1) is 10.6 Å². The highest BCUT2D eigenvalue weighted by atomic mass is 35.5. The minimum Gasteiger partial charge on any atom is -0.321 e. The van der Waals surface area contributed by atoms with Crippen molar-refractivity contribution in [2.75, 3.05) is 5.32 Å². The number of hydrogen-bond acceptors (Lipinski definition) is 2. The van der Waals surface area contributed by atoms with Gasteiger partial charge in [0.15, 0.2) is 12.4 Å². The molecule has 2 rings (SSSR count). The summed E-state index contributed by atoms with van der Waals surface area (Å²) < 4.78 is 1.79. The topological polar surface area (TPSA) is 56.8 Å². The van der Waals surface area contributed by atoms with Crippen molar-refractivity contribution in [1.82, 2.24) is 0 Å². The Morgan fingerprint density at radius 1 is 1.35 bits per heavy atom. The van der Waals surface area contributed by atoms with Crippen LogP contribution in [0.15, 0.2) is 42.7 Å². The number of pyridine rings is 1. The standard InChI is InChI=1S/C15H12ClN3O/c1-11-4-6-19(7-5-11)10-15(20)18-13-3-2-12(9-17)14(16)8-13/h2-8H,10H2,1H3/p+1. The highest BCUT2D eigenvalue weighted by Gasteiger charge is 2.10. The molecule has 100 valence electrons. The van der Waals surface area contributed by atoms with Crippen molar-refractivity contribution in [2.24, 2.45) is 0 Å². The van der Waals surface area contributed by atoms with Gasteiger partial charge in [0.25, 0.3) is 5.91 Å². The van der Waals surface area contributed by atoms with Gasteiger partial charge in [-0.25, -0.2) is 0 Å². The summed E-state index contributed by atoms with van der Waals surface area (Å²) in [5, 5.41) is 11.9. The average Bonchev–Trinajstić information content (AvgIpc) is 2.41. The number of amides is 1. The molecule has 0 radical (unpaired) electrons. The van der Waals surface area contributed by atoms with Crippen LogP contribution >= 0.6 is 11.6 Å². The van der Waals surface area contributed by atoms with E-state index in [4.69, 9.17) is 16.9 Å². The van der Waals surface area contributed by atoms with Crippen molar-refractivity contribution in [3.63, 3.8) is 0 Å². The lowest BCUT2D eigenvalue weighted by molar-refractivity contribution is -0.684. The van der Waals surface area contributed by atoms with Gasteiger partial charge in [0.2, 0.25) is 6.54 Å². The Morgan fingerprint density at radius 3 is 2.65 bits per heavy atom. The molecule has 4 nitrogen and oxygen atoms in total. The van der Waals surface area contributed by atoms with E-state index in [1.807, 2.05) is 37.5 Å². The fourth-order valence-corrected chi connectivity index (χ4v) is 1.91. The van der Waals surface area contributed by atoms with Crippen molar-refractivity contribution in [3.8, 4) is 6.07 Å². The minimum atomic E-state index is -0.153. The SMILES string of the molecule is Cc1cc[n+](CC(=O)Nc2ccc(C#N)c(Cl)c2)cc1. The van der Waals surface area contributed by atoms with E-state index >= 15 is 0 Å². The van der Waals surface area contributed by atoms with E-state index in [1.54, 1.807) is 22.8 Å². The molecule has 0 saturated heterocycles. The third-order valence-corrected chi connectivity index (χ3v) is 3.07. The number of benzene rings is 1. The zero-order valence-corrected chi connectivity index (χ0v) is 11.7. The number of aromatic nitrogens is 1. The maximum atomic E-state index is 11.9. The van der Waals surface area contributed by atoms with Gasteiger partial charge in [-0.3, -0.25) is 4.79 Å². The highest BCUT2D eigenvalue weighted by Crippen LogP contribution is 2.19. The van der Waals surface area contributed by atoms with E-state index < -0.39 is 0 Å². The van der Waals surface area contributed by atoms with Gasteiger partial charge >= 0.3 is 0 Å². The Kier molecular flexibility index (Phi) is 4.34. The lowest BCUT2D eigenvalue weighted by Crippen LogP contribution is -2.39. The van der Waals surface area contributed by atoms with Crippen LogP contribution in [0.25, 0.3) is 0 Å². The number of nitrogens with one attached hydrogen (secondary N) is 1. The van der Waals surface area contributed by atoms with Crippen molar-refractivity contribution < 1.29 is 9.36 Å². The number of hydrogen-bond donors (Lipinski definition) is 1. The number of carbonyl (C=O) groups excluding carboxylic acids is 1. The van der Waals surface area contributed by atoms with E-state index in [0.29, 0.717) is 16.3 Å². The fraction of sp³-hybridized carbons (Fsp3) is 0.133. The largest absolute Gasteiger partial charge is 0.321 e. The fourth-order valence-electron chi connectivity index (χ4n) is 1.69. The summed E-state index contributed by atoms with van der Waals surface area (Å²) in [5.41, 5.74) is 2.10. The molecule has 0 fully saturated rings. The summed E-state index contributed by atoms with van der Waals surface area (Å²) in [6.07, 6.45) is 3.70. The molecule has 0 atom stereocenters. The molecule has 1 amide bonds. The summed E-state index contributed by atoms with van der Waals surface area (Å²) in [4.78, 5) is 11.9. The third kappa shape index (κ3) is 3.56. The first-order chi connectivity index (χ1) is 9.58. The van der Waals surface area contributed by atoms with Gasteiger partial charge in [0, 0.05) is 17.8 Å². The van der Waals surface area contributed by atoms with Crippen LogP contribution in [-0.2, 0) is 11.3 Å². The Balaban J connectivity index is 2.03. The number of rotatable bonds is 3. The van der Waals surface area contributed by atoms with E-state index in [0.717, 1.165) is 5.56 Å².